The number of rotatable bonds is 7. The summed E-state index contributed by atoms with van der Waals surface area (Å²) in [6.45, 7) is 2.41. The number of aromatic amines is 1. The van der Waals surface area contributed by atoms with Crippen LogP contribution in [0, 0.1) is 6.92 Å². The van der Waals surface area contributed by atoms with Gasteiger partial charge >= 0.3 is 0 Å². The molecule has 2 rings (SSSR count). The second-order valence-corrected chi connectivity index (χ2v) is 5.61. The first-order chi connectivity index (χ1) is 12.4. The van der Waals surface area contributed by atoms with Gasteiger partial charge in [0.25, 0.3) is 11.5 Å². The standard InChI is InChI=1S/C19H20N2O5/c1-12-10-16(23)17(19(25)21-12)15(22)7-6-13-4-3-5-14(11-13)18(24)20-8-9-26-2/h3-7,10-11H,8-9H2,1-2H3,(H,20,24)(H2,21,23,25)/b7-6+. The molecule has 1 aromatic heterocycles. The zero-order valence-electron chi connectivity index (χ0n) is 14.5. The van der Waals surface area contributed by atoms with Crippen LogP contribution in [-0.2, 0) is 4.74 Å². The number of hydrogen-bond acceptors (Lipinski definition) is 5. The van der Waals surface area contributed by atoms with Crippen molar-refractivity contribution in [3.63, 3.8) is 0 Å². The summed E-state index contributed by atoms with van der Waals surface area (Å²) in [6, 6.07) is 7.98. The molecule has 0 saturated heterocycles. The van der Waals surface area contributed by atoms with Crippen molar-refractivity contribution >= 4 is 17.8 Å². The first kappa shape index (κ1) is 19.1. The average Bonchev–Trinajstić information content (AvgIpc) is 2.59. The summed E-state index contributed by atoms with van der Waals surface area (Å²) < 4.78 is 4.87. The molecule has 136 valence electrons. The molecule has 0 saturated carbocycles. The summed E-state index contributed by atoms with van der Waals surface area (Å²) in [5.41, 5.74) is 0.538. The topological polar surface area (TPSA) is 108 Å². The third kappa shape index (κ3) is 4.90. The SMILES string of the molecule is COCCNC(=O)c1cccc(/C=C/C(=O)c2c(O)cc(C)[nH]c2=O)c1. The Hall–Kier alpha value is -3.19. The largest absolute Gasteiger partial charge is 0.507 e. The Kier molecular flexibility index (Phi) is 6.46. The maximum absolute atomic E-state index is 12.2. The molecule has 0 aliphatic heterocycles. The van der Waals surface area contributed by atoms with Crippen LogP contribution >= 0.6 is 0 Å². The van der Waals surface area contributed by atoms with Crippen LogP contribution in [-0.4, -0.2) is 42.0 Å². The van der Waals surface area contributed by atoms with E-state index >= 15 is 0 Å². The number of aromatic nitrogens is 1. The predicted molar refractivity (Wildman–Crippen MR) is 97.5 cm³/mol. The number of pyridine rings is 1. The van der Waals surface area contributed by atoms with Crippen LogP contribution in [0.2, 0.25) is 0 Å². The van der Waals surface area contributed by atoms with E-state index in [2.05, 4.69) is 10.3 Å². The van der Waals surface area contributed by atoms with Crippen molar-refractivity contribution < 1.29 is 19.4 Å². The fourth-order valence-electron chi connectivity index (χ4n) is 2.32. The first-order valence-electron chi connectivity index (χ1n) is 7.95. The maximum atomic E-state index is 12.2. The minimum absolute atomic E-state index is 0.253. The van der Waals surface area contributed by atoms with Gasteiger partial charge in [-0.2, -0.15) is 0 Å². The monoisotopic (exact) mass is 356 g/mol. The lowest BCUT2D eigenvalue weighted by molar-refractivity contribution is 0.0936. The van der Waals surface area contributed by atoms with Crippen molar-refractivity contribution in [3.05, 3.63) is 69.1 Å². The average molecular weight is 356 g/mol. The van der Waals surface area contributed by atoms with Gasteiger partial charge in [-0.25, -0.2) is 0 Å². The molecule has 0 atom stereocenters. The minimum atomic E-state index is -0.650. The van der Waals surface area contributed by atoms with Crippen molar-refractivity contribution in [2.45, 2.75) is 6.92 Å². The summed E-state index contributed by atoms with van der Waals surface area (Å²) in [5.74, 6) is -1.25. The van der Waals surface area contributed by atoms with E-state index in [0.717, 1.165) is 0 Å². The smallest absolute Gasteiger partial charge is 0.263 e. The molecule has 2 aromatic rings. The van der Waals surface area contributed by atoms with E-state index < -0.39 is 11.3 Å². The van der Waals surface area contributed by atoms with Gasteiger partial charge in [0.15, 0.2) is 5.78 Å². The normalized spacial score (nSPS) is 10.8. The molecule has 1 heterocycles. The van der Waals surface area contributed by atoms with Crippen LogP contribution in [0.15, 0.2) is 41.2 Å². The molecule has 0 fully saturated rings. The van der Waals surface area contributed by atoms with Crippen LogP contribution < -0.4 is 10.9 Å². The molecule has 3 N–H and O–H groups in total. The number of carbonyl (C=O) groups excluding carboxylic acids is 2. The van der Waals surface area contributed by atoms with E-state index in [0.29, 0.717) is 30.0 Å². The van der Waals surface area contributed by atoms with Gasteiger partial charge in [0, 0.05) is 24.9 Å². The summed E-state index contributed by atoms with van der Waals surface area (Å²) >= 11 is 0. The summed E-state index contributed by atoms with van der Waals surface area (Å²) in [4.78, 5) is 38.5. The fraction of sp³-hybridized carbons (Fsp3) is 0.211. The lowest BCUT2D eigenvalue weighted by Gasteiger charge is -2.05. The Bertz CT molecular complexity index is 899. The molecule has 7 heteroatoms. The number of ketones is 1. The Labute approximate surface area is 150 Å². The highest BCUT2D eigenvalue weighted by Gasteiger charge is 2.14. The van der Waals surface area contributed by atoms with Crippen molar-refractivity contribution in [2.24, 2.45) is 0 Å². The summed E-state index contributed by atoms with van der Waals surface area (Å²) in [6.07, 6.45) is 2.66. The molecule has 0 aliphatic rings. The van der Waals surface area contributed by atoms with E-state index in [1.165, 1.54) is 18.2 Å². The highest BCUT2D eigenvalue weighted by Crippen LogP contribution is 2.15. The molecule has 0 radical (unpaired) electrons. The van der Waals surface area contributed by atoms with Crippen molar-refractivity contribution in [1.29, 1.82) is 0 Å². The van der Waals surface area contributed by atoms with E-state index in [1.54, 1.807) is 38.3 Å². The highest BCUT2D eigenvalue weighted by molar-refractivity contribution is 6.08. The number of ether oxygens (including phenoxy) is 1. The molecule has 1 aromatic carbocycles. The lowest BCUT2D eigenvalue weighted by atomic mass is 10.1. The molecule has 1 amide bonds. The maximum Gasteiger partial charge on any atom is 0.263 e. The van der Waals surface area contributed by atoms with Gasteiger partial charge in [0.2, 0.25) is 0 Å². The number of aromatic hydroxyl groups is 1. The number of hydrogen-bond donors (Lipinski definition) is 3. The Morgan fingerprint density at radius 1 is 1.31 bits per heavy atom. The minimum Gasteiger partial charge on any atom is -0.507 e. The van der Waals surface area contributed by atoms with E-state index in [9.17, 15) is 19.5 Å². The second-order valence-electron chi connectivity index (χ2n) is 5.61. The lowest BCUT2D eigenvalue weighted by Crippen LogP contribution is -2.26. The fourth-order valence-corrected chi connectivity index (χ4v) is 2.32. The number of amides is 1. The molecule has 7 nitrogen and oxygen atoms in total. The number of aryl methyl sites for hydroxylation is 1. The van der Waals surface area contributed by atoms with Crippen LogP contribution in [0.25, 0.3) is 6.08 Å². The number of methoxy groups -OCH3 is 1. The van der Waals surface area contributed by atoms with Gasteiger partial charge in [-0.05, 0) is 36.8 Å². The van der Waals surface area contributed by atoms with E-state index in [1.807, 2.05) is 0 Å². The predicted octanol–water partition coefficient (Wildman–Crippen LogP) is 1.66. The van der Waals surface area contributed by atoms with Gasteiger partial charge in [0.05, 0.1) is 6.61 Å². The molecular formula is C19H20N2O5. The Morgan fingerprint density at radius 3 is 2.77 bits per heavy atom. The first-order valence-corrected chi connectivity index (χ1v) is 7.95. The second kappa shape index (κ2) is 8.77. The van der Waals surface area contributed by atoms with Crippen LogP contribution in [0.1, 0.15) is 32.0 Å². The Morgan fingerprint density at radius 2 is 2.08 bits per heavy atom. The molecule has 0 bridgehead atoms. The zero-order chi connectivity index (χ0) is 19.1. The van der Waals surface area contributed by atoms with Crippen LogP contribution in [0.5, 0.6) is 5.75 Å². The Balaban J connectivity index is 2.16. The van der Waals surface area contributed by atoms with Crippen LogP contribution in [0.4, 0.5) is 0 Å². The van der Waals surface area contributed by atoms with Crippen molar-refractivity contribution in [3.8, 4) is 5.75 Å². The number of benzene rings is 1. The third-order valence-corrected chi connectivity index (χ3v) is 3.56. The van der Waals surface area contributed by atoms with Gasteiger partial charge in [0.1, 0.15) is 11.3 Å². The molecule has 0 unspecified atom stereocenters. The van der Waals surface area contributed by atoms with Gasteiger partial charge in [-0.1, -0.05) is 18.2 Å². The van der Waals surface area contributed by atoms with Gasteiger partial charge in [-0.3, -0.25) is 14.4 Å². The molecule has 0 spiro atoms. The summed E-state index contributed by atoms with van der Waals surface area (Å²) in [5, 5.41) is 12.5. The third-order valence-electron chi connectivity index (χ3n) is 3.56. The molecule has 26 heavy (non-hydrogen) atoms. The van der Waals surface area contributed by atoms with Gasteiger partial charge < -0.3 is 20.1 Å². The highest BCUT2D eigenvalue weighted by atomic mass is 16.5. The number of H-pyrrole nitrogens is 1. The van der Waals surface area contributed by atoms with E-state index in [-0.39, 0.29) is 17.2 Å². The van der Waals surface area contributed by atoms with Crippen molar-refractivity contribution in [2.75, 3.05) is 20.3 Å². The number of allylic oxidation sites excluding steroid dienone is 1. The number of nitrogens with one attached hydrogen (secondary N) is 2. The van der Waals surface area contributed by atoms with Crippen molar-refractivity contribution in [1.82, 2.24) is 10.3 Å². The number of carbonyl (C=O) groups is 2. The zero-order valence-corrected chi connectivity index (χ0v) is 14.5. The van der Waals surface area contributed by atoms with E-state index in [4.69, 9.17) is 4.74 Å². The summed E-state index contributed by atoms with van der Waals surface area (Å²) in [7, 11) is 1.55. The van der Waals surface area contributed by atoms with Crippen LogP contribution in [0.3, 0.4) is 0 Å². The molecular weight excluding hydrogens is 336 g/mol. The quantitative estimate of drug-likeness (QED) is 0.397. The van der Waals surface area contributed by atoms with Gasteiger partial charge in [-0.15, -0.1) is 0 Å². The molecule has 0 aliphatic carbocycles.